The molecule has 190 valence electrons. The molecule has 0 radical (unpaired) electrons. The zero-order valence-corrected chi connectivity index (χ0v) is 19.7. The van der Waals surface area contributed by atoms with Gasteiger partial charge in [-0.15, -0.1) is 0 Å². The van der Waals surface area contributed by atoms with Crippen molar-refractivity contribution in [3.05, 3.63) is 82.9 Å². The topological polar surface area (TPSA) is 84.1 Å². The molecule has 2 aromatic carbocycles. The molecule has 0 saturated heterocycles. The lowest BCUT2D eigenvalue weighted by Gasteiger charge is -2.42. The highest BCUT2D eigenvalue weighted by Gasteiger charge is 2.34. The summed E-state index contributed by atoms with van der Waals surface area (Å²) in [6.07, 6.45) is -0.321. The van der Waals surface area contributed by atoms with Gasteiger partial charge in [0.25, 0.3) is 0 Å². The lowest BCUT2D eigenvalue weighted by atomic mass is 9.89. The predicted octanol–water partition coefficient (Wildman–Crippen LogP) is 5.39. The number of hydrogen-bond acceptors (Lipinski definition) is 5. The molecule has 6 nitrogen and oxygen atoms in total. The SMILES string of the molecule is CC(c1ccc(C(F)(F)F)cc1)N(c1ncnc(NCc2ccc(CC(N)=O)cc2)c1F)C1CCC1. The van der Waals surface area contributed by atoms with Crippen LogP contribution in [0.25, 0.3) is 0 Å². The number of carbonyl (C=O) groups excluding carboxylic acids is 1. The summed E-state index contributed by atoms with van der Waals surface area (Å²) in [5.41, 5.74) is 6.77. The van der Waals surface area contributed by atoms with Gasteiger partial charge in [0.15, 0.2) is 11.6 Å². The summed E-state index contributed by atoms with van der Waals surface area (Å²) in [6, 6.07) is 11.8. The molecule has 1 saturated carbocycles. The van der Waals surface area contributed by atoms with Crippen molar-refractivity contribution in [3.63, 3.8) is 0 Å². The molecule has 1 aromatic heterocycles. The van der Waals surface area contributed by atoms with Crippen LogP contribution in [0, 0.1) is 5.82 Å². The zero-order valence-electron chi connectivity index (χ0n) is 19.7. The quantitative estimate of drug-likeness (QED) is 0.384. The highest BCUT2D eigenvalue weighted by molar-refractivity contribution is 5.76. The van der Waals surface area contributed by atoms with Crippen molar-refractivity contribution in [1.29, 1.82) is 0 Å². The fraction of sp³-hybridized carbons (Fsp3) is 0.346. The van der Waals surface area contributed by atoms with E-state index >= 15 is 4.39 Å². The molecule has 1 atom stereocenters. The highest BCUT2D eigenvalue weighted by Crippen LogP contribution is 2.38. The summed E-state index contributed by atoms with van der Waals surface area (Å²) in [5, 5.41) is 2.99. The van der Waals surface area contributed by atoms with Crippen molar-refractivity contribution in [1.82, 2.24) is 9.97 Å². The summed E-state index contributed by atoms with van der Waals surface area (Å²) in [7, 11) is 0. The molecule has 3 N–H and O–H groups in total. The number of halogens is 4. The van der Waals surface area contributed by atoms with E-state index in [1.54, 1.807) is 12.1 Å². The van der Waals surface area contributed by atoms with E-state index in [-0.39, 0.29) is 24.1 Å². The Morgan fingerprint density at radius 2 is 1.72 bits per heavy atom. The number of nitrogens with two attached hydrogens (primary N) is 1. The number of anilines is 2. The Kier molecular flexibility index (Phi) is 7.42. The number of primary amides is 1. The van der Waals surface area contributed by atoms with Gasteiger partial charge in [0, 0.05) is 12.6 Å². The van der Waals surface area contributed by atoms with Crippen LogP contribution in [0.5, 0.6) is 0 Å². The molecule has 1 fully saturated rings. The summed E-state index contributed by atoms with van der Waals surface area (Å²) in [6.45, 7) is 2.13. The van der Waals surface area contributed by atoms with Gasteiger partial charge in [-0.1, -0.05) is 36.4 Å². The van der Waals surface area contributed by atoms with Crippen molar-refractivity contribution in [3.8, 4) is 0 Å². The standard InChI is InChI=1S/C26H27F4N5O/c1-16(19-9-11-20(12-10-19)26(28,29)30)35(21-3-2-4-21)25-23(27)24(33-15-34-25)32-14-18-7-5-17(6-8-18)13-22(31)36/h5-12,15-16,21H,2-4,13-14H2,1H3,(H2,31,36)(H,32,33,34). The first-order valence-corrected chi connectivity index (χ1v) is 11.7. The summed E-state index contributed by atoms with van der Waals surface area (Å²) in [4.78, 5) is 21.2. The Balaban J connectivity index is 1.54. The molecule has 3 aromatic rings. The van der Waals surface area contributed by atoms with Gasteiger partial charge in [-0.3, -0.25) is 4.79 Å². The number of benzene rings is 2. The van der Waals surface area contributed by atoms with Crippen molar-refractivity contribution in [2.24, 2.45) is 5.73 Å². The van der Waals surface area contributed by atoms with E-state index in [0.717, 1.165) is 42.5 Å². The van der Waals surface area contributed by atoms with Gasteiger partial charge in [-0.05, 0) is 55.0 Å². The van der Waals surface area contributed by atoms with Crippen LogP contribution in [-0.4, -0.2) is 21.9 Å². The van der Waals surface area contributed by atoms with E-state index in [1.807, 2.05) is 24.0 Å². The lowest BCUT2D eigenvalue weighted by molar-refractivity contribution is -0.137. The van der Waals surface area contributed by atoms with Gasteiger partial charge >= 0.3 is 6.18 Å². The fourth-order valence-electron chi connectivity index (χ4n) is 4.27. The average molecular weight is 502 g/mol. The summed E-state index contributed by atoms with van der Waals surface area (Å²) >= 11 is 0. The normalized spacial score (nSPS) is 14.7. The second-order valence-electron chi connectivity index (χ2n) is 8.96. The molecule has 1 unspecified atom stereocenters. The number of carbonyl (C=O) groups is 1. The van der Waals surface area contributed by atoms with Crippen LogP contribution in [0.3, 0.4) is 0 Å². The maximum absolute atomic E-state index is 15.6. The third kappa shape index (κ3) is 5.75. The van der Waals surface area contributed by atoms with Crippen LogP contribution < -0.4 is 16.0 Å². The minimum absolute atomic E-state index is 0.0253. The maximum Gasteiger partial charge on any atom is 0.416 e. The van der Waals surface area contributed by atoms with Gasteiger partial charge in [-0.25, -0.2) is 9.97 Å². The smallest absolute Gasteiger partial charge is 0.369 e. The molecular weight excluding hydrogens is 474 g/mol. The number of nitrogens with zero attached hydrogens (tertiary/aromatic N) is 3. The third-order valence-electron chi connectivity index (χ3n) is 6.48. The van der Waals surface area contributed by atoms with E-state index in [9.17, 15) is 18.0 Å². The first-order valence-electron chi connectivity index (χ1n) is 11.7. The number of nitrogens with one attached hydrogen (secondary N) is 1. The minimum atomic E-state index is -4.42. The second kappa shape index (κ2) is 10.5. The summed E-state index contributed by atoms with van der Waals surface area (Å²) in [5.74, 6) is -0.891. The van der Waals surface area contributed by atoms with Crippen molar-refractivity contribution >= 4 is 17.5 Å². The van der Waals surface area contributed by atoms with Gasteiger partial charge < -0.3 is 16.0 Å². The Bertz CT molecular complexity index is 1190. The third-order valence-corrected chi connectivity index (χ3v) is 6.48. The van der Waals surface area contributed by atoms with E-state index in [0.29, 0.717) is 12.1 Å². The van der Waals surface area contributed by atoms with Crippen molar-refractivity contribution in [2.75, 3.05) is 10.2 Å². The lowest BCUT2D eigenvalue weighted by Crippen LogP contribution is -2.43. The van der Waals surface area contributed by atoms with Crippen LogP contribution in [0.15, 0.2) is 54.9 Å². The Morgan fingerprint density at radius 3 is 2.28 bits per heavy atom. The van der Waals surface area contributed by atoms with Crippen molar-refractivity contribution < 1.29 is 22.4 Å². The van der Waals surface area contributed by atoms with Gasteiger partial charge in [0.2, 0.25) is 11.7 Å². The molecule has 0 aliphatic heterocycles. The fourth-order valence-corrected chi connectivity index (χ4v) is 4.27. The first-order chi connectivity index (χ1) is 17.1. The Morgan fingerprint density at radius 1 is 1.08 bits per heavy atom. The molecule has 36 heavy (non-hydrogen) atoms. The van der Waals surface area contributed by atoms with E-state index in [1.165, 1.54) is 18.5 Å². The molecule has 1 aliphatic carbocycles. The molecule has 1 amide bonds. The van der Waals surface area contributed by atoms with E-state index < -0.39 is 29.5 Å². The maximum atomic E-state index is 15.6. The number of amides is 1. The van der Waals surface area contributed by atoms with Gasteiger partial charge in [-0.2, -0.15) is 17.6 Å². The van der Waals surface area contributed by atoms with Crippen LogP contribution in [-0.2, 0) is 23.9 Å². The predicted molar refractivity (Wildman–Crippen MR) is 129 cm³/mol. The minimum Gasteiger partial charge on any atom is -0.369 e. The number of alkyl halides is 3. The van der Waals surface area contributed by atoms with Crippen LogP contribution in [0.1, 0.15) is 54.5 Å². The van der Waals surface area contributed by atoms with Gasteiger partial charge in [0.1, 0.15) is 6.33 Å². The second-order valence-corrected chi connectivity index (χ2v) is 8.96. The van der Waals surface area contributed by atoms with E-state index in [4.69, 9.17) is 5.73 Å². The number of aromatic nitrogens is 2. The Labute approximate surface area is 206 Å². The summed E-state index contributed by atoms with van der Waals surface area (Å²) < 4.78 is 54.6. The van der Waals surface area contributed by atoms with Gasteiger partial charge in [0.05, 0.1) is 18.0 Å². The number of hydrogen-bond donors (Lipinski definition) is 2. The molecule has 1 heterocycles. The molecule has 0 spiro atoms. The zero-order chi connectivity index (χ0) is 25.9. The molecular formula is C26H27F4N5O. The molecule has 1 aliphatic rings. The average Bonchev–Trinajstić information content (AvgIpc) is 2.80. The van der Waals surface area contributed by atoms with Crippen LogP contribution >= 0.6 is 0 Å². The molecule has 0 bridgehead atoms. The molecule has 10 heteroatoms. The highest BCUT2D eigenvalue weighted by atomic mass is 19.4. The van der Waals surface area contributed by atoms with Crippen molar-refractivity contribution in [2.45, 2.75) is 57.4 Å². The Hall–Kier alpha value is -3.69. The van der Waals surface area contributed by atoms with Crippen LogP contribution in [0.2, 0.25) is 0 Å². The molecule has 4 rings (SSSR count). The number of rotatable bonds is 9. The van der Waals surface area contributed by atoms with Crippen LogP contribution in [0.4, 0.5) is 29.2 Å². The first kappa shape index (κ1) is 25.4. The monoisotopic (exact) mass is 501 g/mol. The largest absolute Gasteiger partial charge is 0.416 e. The van der Waals surface area contributed by atoms with E-state index in [2.05, 4.69) is 15.3 Å².